The highest BCUT2D eigenvalue weighted by Crippen LogP contribution is 2.39. The molecule has 0 aromatic heterocycles. The quantitative estimate of drug-likeness (QED) is 0.874. The fraction of sp³-hybridized carbons (Fsp3) is 0.385. The summed E-state index contributed by atoms with van der Waals surface area (Å²) in [6.07, 6.45) is -4.87. The second kappa shape index (κ2) is 5.15. The van der Waals surface area contributed by atoms with E-state index in [0.29, 0.717) is 0 Å². The Bertz CT molecular complexity index is 542. The highest BCUT2D eigenvalue weighted by Gasteiger charge is 2.41. The number of carboxylic acids is 1. The van der Waals surface area contributed by atoms with Crippen LogP contribution < -0.4 is 5.32 Å². The Kier molecular flexibility index (Phi) is 3.69. The molecular formula is C13H12F3NO3. The normalized spacial score (nSPS) is 23.2. The minimum Gasteiger partial charge on any atom is -0.481 e. The fourth-order valence-electron chi connectivity index (χ4n) is 2.44. The van der Waals surface area contributed by atoms with Gasteiger partial charge < -0.3 is 10.4 Å². The largest absolute Gasteiger partial charge is 0.481 e. The fourth-order valence-corrected chi connectivity index (χ4v) is 2.44. The number of halogens is 3. The van der Waals surface area contributed by atoms with Crippen LogP contribution in [0, 0.1) is 5.92 Å². The van der Waals surface area contributed by atoms with E-state index in [4.69, 9.17) is 5.11 Å². The van der Waals surface area contributed by atoms with E-state index in [1.807, 2.05) is 0 Å². The summed E-state index contributed by atoms with van der Waals surface area (Å²) in [7, 11) is 0. The zero-order valence-corrected chi connectivity index (χ0v) is 10.3. The van der Waals surface area contributed by atoms with Crippen molar-refractivity contribution in [1.29, 1.82) is 0 Å². The van der Waals surface area contributed by atoms with E-state index in [1.165, 1.54) is 18.2 Å². The maximum absolute atomic E-state index is 13.0. The number of aliphatic carboxylic acids is 1. The summed E-state index contributed by atoms with van der Waals surface area (Å²) in [4.78, 5) is 22.4. The van der Waals surface area contributed by atoms with Gasteiger partial charge in [0.05, 0.1) is 11.5 Å². The molecule has 2 atom stereocenters. The molecule has 0 radical (unpaired) electrons. The third kappa shape index (κ3) is 2.76. The number of amides is 1. The molecule has 1 heterocycles. The van der Waals surface area contributed by atoms with E-state index in [1.54, 1.807) is 0 Å². The van der Waals surface area contributed by atoms with Crippen LogP contribution >= 0.6 is 0 Å². The average molecular weight is 287 g/mol. The number of alkyl halides is 3. The predicted octanol–water partition coefficient (Wildman–Crippen LogP) is 2.01. The van der Waals surface area contributed by atoms with Crippen molar-refractivity contribution < 1.29 is 27.9 Å². The first kappa shape index (κ1) is 14.4. The van der Waals surface area contributed by atoms with E-state index in [-0.39, 0.29) is 18.5 Å². The van der Waals surface area contributed by atoms with Crippen molar-refractivity contribution >= 4 is 11.9 Å². The molecule has 20 heavy (non-hydrogen) atoms. The van der Waals surface area contributed by atoms with Gasteiger partial charge in [0.1, 0.15) is 0 Å². The molecule has 1 aliphatic rings. The Hall–Kier alpha value is -2.05. The minimum absolute atomic E-state index is 0.0904. The molecule has 2 rings (SSSR count). The van der Waals surface area contributed by atoms with Gasteiger partial charge in [-0.2, -0.15) is 13.2 Å². The van der Waals surface area contributed by atoms with Crippen molar-refractivity contribution in [2.75, 3.05) is 6.54 Å². The molecule has 0 bridgehead atoms. The van der Waals surface area contributed by atoms with Gasteiger partial charge in [-0.15, -0.1) is 0 Å². The first-order valence-corrected chi connectivity index (χ1v) is 5.96. The predicted molar refractivity (Wildman–Crippen MR) is 62.9 cm³/mol. The lowest BCUT2D eigenvalue weighted by Gasteiger charge is -2.30. The number of nitrogens with one attached hydrogen (secondary N) is 1. The molecule has 1 aliphatic heterocycles. The number of rotatable bonds is 2. The van der Waals surface area contributed by atoms with Crippen LogP contribution in [0.15, 0.2) is 24.3 Å². The average Bonchev–Trinajstić information content (AvgIpc) is 2.37. The number of carbonyl (C=O) groups excluding carboxylic acids is 1. The zero-order valence-electron chi connectivity index (χ0n) is 10.3. The maximum Gasteiger partial charge on any atom is 0.416 e. The molecule has 2 N–H and O–H groups in total. The highest BCUT2D eigenvalue weighted by molar-refractivity contribution is 5.84. The second-order valence-electron chi connectivity index (χ2n) is 4.64. The van der Waals surface area contributed by atoms with Crippen LogP contribution in [-0.4, -0.2) is 23.5 Å². The van der Waals surface area contributed by atoms with Gasteiger partial charge in [0.15, 0.2) is 0 Å². The van der Waals surface area contributed by atoms with Gasteiger partial charge in [0.25, 0.3) is 0 Å². The van der Waals surface area contributed by atoms with Crippen LogP contribution in [0.4, 0.5) is 13.2 Å². The van der Waals surface area contributed by atoms with Crippen molar-refractivity contribution in [3.05, 3.63) is 35.4 Å². The Morgan fingerprint density at radius 3 is 2.55 bits per heavy atom. The third-order valence-corrected chi connectivity index (χ3v) is 3.39. The molecule has 0 saturated carbocycles. The number of hydrogen-bond acceptors (Lipinski definition) is 2. The van der Waals surface area contributed by atoms with E-state index >= 15 is 0 Å². The highest BCUT2D eigenvalue weighted by atomic mass is 19.4. The van der Waals surface area contributed by atoms with Crippen molar-refractivity contribution in [2.45, 2.75) is 18.5 Å². The van der Waals surface area contributed by atoms with Gasteiger partial charge >= 0.3 is 12.1 Å². The van der Waals surface area contributed by atoms with E-state index in [9.17, 15) is 22.8 Å². The number of carbonyl (C=O) groups is 2. The molecule has 0 aliphatic carbocycles. The molecule has 1 amide bonds. The first-order chi connectivity index (χ1) is 9.30. The van der Waals surface area contributed by atoms with Crippen LogP contribution in [0.3, 0.4) is 0 Å². The molecule has 7 heteroatoms. The van der Waals surface area contributed by atoms with Gasteiger partial charge in [-0.25, -0.2) is 0 Å². The molecule has 4 nitrogen and oxygen atoms in total. The number of hydrogen-bond donors (Lipinski definition) is 2. The monoisotopic (exact) mass is 287 g/mol. The minimum atomic E-state index is -4.55. The Morgan fingerprint density at radius 2 is 1.95 bits per heavy atom. The lowest BCUT2D eigenvalue weighted by atomic mass is 9.79. The summed E-state index contributed by atoms with van der Waals surface area (Å²) in [5.41, 5.74) is -0.945. The van der Waals surface area contributed by atoms with Gasteiger partial charge in [-0.3, -0.25) is 9.59 Å². The van der Waals surface area contributed by atoms with Crippen LogP contribution in [0.2, 0.25) is 0 Å². The van der Waals surface area contributed by atoms with Crippen molar-refractivity contribution in [3.63, 3.8) is 0 Å². The molecule has 0 spiro atoms. The van der Waals surface area contributed by atoms with Crippen LogP contribution in [0.5, 0.6) is 0 Å². The lowest BCUT2D eigenvalue weighted by molar-refractivity contribution is -0.147. The third-order valence-electron chi connectivity index (χ3n) is 3.39. The summed E-state index contributed by atoms with van der Waals surface area (Å²) in [6.45, 7) is -0.108. The molecule has 1 saturated heterocycles. The summed E-state index contributed by atoms with van der Waals surface area (Å²) < 4.78 is 38.9. The molecule has 2 unspecified atom stereocenters. The Balaban J connectivity index is 2.44. The molecule has 108 valence electrons. The van der Waals surface area contributed by atoms with Crippen molar-refractivity contribution in [1.82, 2.24) is 5.32 Å². The standard InChI is InChI=1S/C13H12F3NO3/c14-13(15,16)10-4-2-1-3-7(10)9-6-17-11(18)5-8(9)12(19)20/h1-4,8-9H,5-6H2,(H,17,18)(H,19,20). The Labute approximate surface area is 112 Å². The first-order valence-electron chi connectivity index (χ1n) is 5.96. The van der Waals surface area contributed by atoms with E-state index < -0.39 is 35.5 Å². The van der Waals surface area contributed by atoms with Crippen LogP contribution in [0.1, 0.15) is 23.5 Å². The number of piperidine rings is 1. The van der Waals surface area contributed by atoms with E-state index in [0.717, 1.165) is 6.07 Å². The lowest BCUT2D eigenvalue weighted by Crippen LogP contribution is -2.43. The number of benzene rings is 1. The SMILES string of the molecule is O=C1CC(C(=O)O)C(c2ccccc2C(F)(F)F)CN1. The topological polar surface area (TPSA) is 66.4 Å². The second-order valence-corrected chi connectivity index (χ2v) is 4.64. The maximum atomic E-state index is 13.0. The number of carboxylic acid groups (broad SMARTS) is 1. The van der Waals surface area contributed by atoms with Gasteiger partial charge in [-0.05, 0) is 11.6 Å². The summed E-state index contributed by atoms with van der Waals surface area (Å²) >= 11 is 0. The summed E-state index contributed by atoms with van der Waals surface area (Å²) in [5, 5.41) is 11.5. The van der Waals surface area contributed by atoms with Crippen LogP contribution in [-0.2, 0) is 15.8 Å². The summed E-state index contributed by atoms with van der Waals surface area (Å²) in [5.74, 6) is -3.75. The summed E-state index contributed by atoms with van der Waals surface area (Å²) in [6, 6.07) is 4.87. The van der Waals surface area contributed by atoms with E-state index in [2.05, 4.69) is 5.32 Å². The van der Waals surface area contributed by atoms with Gasteiger partial charge in [0, 0.05) is 18.9 Å². The van der Waals surface area contributed by atoms with Crippen molar-refractivity contribution in [3.8, 4) is 0 Å². The molecule has 1 aromatic rings. The van der Waals surface area contributed by atoms with Crippen molar-refractivity contribution in [2.24, 2.45) is 5.92 Å². The van der Waals surface area contributed by atoms with Gasteiger partial charge in [0.2, 0.25) is 5.91 Å². The molecule has 1 aromatic carbocycles. The zero-order chi connectivity index (χ0) is 14.9. The van der Waals surface area contributed by atoms with Crippen LogP contribution in [0.25, 0.3) is 0 Å². The molecule has 1 fully saturated rings. The Morgan fingerprint density at radius 1 is 1.30 bits per heavy atom. The smallest absolute Gasteiger partial charge is 0.416 e. The molecular weight excluding hydrogens is 275 g/mol. The van der Waals surface area contributed by atoms with Gasteiger partial charge in [-0.1, -0.05) is 18.2 Å².